The maximum Gasteiger partial charge on any atom is 0.282 e. The molecular formula is C18H11F6N3O. The summed E-state index contributed by atoms with van der Waals surface area (Å²) in [5, 5.41) is 5.48. The summed E-state index contributed by atoms with van der Waals surface area (Å²) in [6, 6.07) is 4.99. The van der Waals surface area contributed by atoms with Gasteiger partial charge in [-0.25, -0.2) is 26.3 Å². The number of aryl methyl sites for hydroxylation is 1. The lowest BCUT2D eigenvalue weighted by molar-refractivity contribution is 0.101. The molecule has 146 valence electrons. The number of anilines is 1. The zero-order chi connectivity index (χ0) is 20.6. The molecule has 3 aromatic rings. The molecule has 1 aromatic heterocycles. The van der Waals surface area contributed by atoms with Gasteiger partial charge in [0.05, 0.1) is 11.3 Å². The van der Waals surface area contributed by atoms with E-state index in [1.54, 1.807) is 0 Å². The summed E-state index contributed by atoms with van der Waals surface area (Å²) in [7, 11) is 1.23. The normalized spacial score (nSPS) is 11.1. The Morgan fingerprint density at radius 3 is 2.07 bits per heavy atom. The van der Waals surface area contributed by atoms with Crippen LogP contribution in [0.3, 0.4) is 0 Å². The molecule has 0 atom stereocenters. The van der Waals surface area contributed by atoms with E-state index in [9.17, 15) is 31.1 Å². The number of benzene rings is 2. The van der Waals surface area contributed by atoms with Gasteiger partial charge in [0.15, 0.2) is 0 Å². The predicted molar refractivity (Wildman–Crippen MR) is 87.8 cm³/mol. The van der Waals surface area contributed by atoms with Gasteiger partial charge in [0.1, 0.15) is 34.5 Å². The number of hydrogen-bond donors (Lipinski definition) is 1. The van der Waals surface area contributed by atoms with Crippen molar-refractivity contribution in [1.82, 2.24) is 9.78 Å². The third kappa shape index (κ3) is 3.57. The molecule has 0 bridgehead atoms. The zero-order valence-electron chi connectivity index (χ0n) is 14.1. The van der Waals surface area contributed by atoms with E-state index in [1.165, 1.54) is 7.05 Å². The van der Waals surface area contributed by atoms with Crippen LogP contribution < -0.4 is 5.32 Å². The Hall–Kier alpha value is -3.30. The first-order valence-corrected chi connectivity index (χ1v) is 7.76. The number of amides is 1. The van der Waals surface area contributed by atoms with Crippen LogP contribution in [0.2, 0.25) is 0 Å². The molecule has 0 aliphatic heterocycles. The lowest BCUT2D eigenvalue weighted by Gasteiger charge is -2.10. The second kappa shape index (κ2) is 7.37. The number of alkyl halides is 2. The minimum absolute atomic E-state index is 0.247. The number of aromatic nitrogens is 2. The van der Waals surface area contributed by atoms with Crippen LogP contribution in [-0.2, 0) is 7.05 Å². The molecule has 0 aliphatic carbocycles. The highest BCUT2D eigenvalue weighted by molar-refractivity contribution is 6.04. The Kier molecular flexibility index (Phi) is 5.12. The molecule has 3 rings (SSSR count). The smallest absolute Gasteiger partial charge is 0.282 e. The molecule has 0 spiro atoms. The third-order valence-electron chi connectivity index (χ3n) is 3.87. The first-order chi connectivity index (χ1) is 13.2. The molecule has 0 radical (unpaired) electrons. The first-order valence-electron chi connectivity index (χ1n) is 7.76. The minimum Gasteiger partial charge on any atom is -0.322 e. The van der Waals surface area contributed by atoms with Gasteiger partial charge in [0.25, 0.3) is 12.3 Å². The third-order valence-corrected chi connectivity index (χ3v) is 3.87. The van der Waals surface area contributed by atoms with Gasteiger partial charge in [-0.05, 0) is 30.3 Å². The number of nitrogens with zero attached hydrogens (tertiary/aromatic N) is 2. The van der Waals surface area contributed by atoms with Crippen LogP contribution in [0, 0.1) is 23.3 Å². The second-order valence-electron chi connectivity index (χ2n) is 5.74. The summed E-state index contributed by atoms with van der Waals surface area (Å²) >= 11 is 0. The Morgan fingerprint density at radius 2 is 1.57 bits per heavy atom. The first kappa shape index (κ1) is 19.5. The summed E-state index contributed by atoms with van der Waals surface area (Å²) in [6.07, 6.45) is -2.93. The van der Waals surface area contributed by atoms with E-state index in [-0.39, 0.29) is 5.69 Å². The van der Waals surface area contributed by atoms with Crippen molar-refractivity contribution in [3.8, 4) is 11.3 Å². The zero-order valence-corrected chi connectivity index (χ0v) is 14.1. The Morgan fingerprint density at radius 1 is 1.00 bits per heavy atom. The Labute approximate surface area is 154 Å². The summed E-state index contributed by atoms with van der Waals surface area (Å²) in [4.78, 5) is 12.0. The average Bonchev–Trinajstić information content (AvgIpc) is 2.96. The molecule has 0 unspecified atom stereocenters. The van der Waals surface area contributed by atoms with Crippen molar-refractivity contribution in [3.05, 3.63) is 70.9 Å². The number of carbonyl (C=O) groups is 1. The molecule has 0 saturated carbocycles. The minimum atomic E-state index is -2.93. The van der Waals surface area contributed by atoms with E-state index in [2.05, 4.69) is 5.10 Å². The average molecular weight is 399 g/mol. The van der Waals surface area contributed by atoms with Gasteiger partial charge in [0.2, 0.25) is 0 Å². The molecular weight excluding hydrogens is 388 g/mol. The second-order valence-corrected chi connectivity index (χ2v) is 5.74. The van der Waals surface area contributed by atoms with E-state index >= 15 is 0 Å². The maximum atomic E-state index is 14.4. The molecule has 4 nitrogen and oxygen atoms in total. The quantitative estimate of drug-likeness (QED) is 0.639. The van der Waals surface area contributed by atoms with Gasteiger partial charge in [-0.1, -0.05) is 6.07 Å². The van der Waals surface area contributed by atoms with Crippen molar-refractivity contribution in [1.29, 1.82) is 0 Å². The number of nitrogens with one attached hydrogen (secondary N) is 1. The van der Waals surface area contributed by atoms with Gasteiger partial charge in [-0.3, -0.25) is 9.48 Å². The molecule has 0 aliphatic rings. The van der Waals surface area contributed by atoms with Crippen LogP contribution >= 0.6 is 0 Å². The van der Waals surface area contributed by atoms with Crippen LogP contribution in [0.25, 0.3) is 11.3 Å². The van der Waals surface area contributed by atoms with Crippen molar-refractivity contribution >= 4 is 11.6 Å². The predicted octanol–water partition coefficient (Wildman–Crippen LogP) is 4.83. The number of halogens is 6. The fraction of sp³-hybridized carbons (Fsp3) is 0.111. The fourth-order valence-corrected chi connectivity index (χ4v) is 2.63. The molecule has 0 saturated heterocycles. The van der Waals surface area contributed by atoms with Crippen molar-refractivity contribution < 1.29 is 31.1 Å². The highest BCUT2D eigenvalue weighted by Gasteiger charge is 2.22. The van der Waals surface area contributed by atoms with Gasteiger partial charge in [0, 0.05) is 12.7 Å². The largest absolute Gasteiger partial charge is 0.322 e. The van der Waals surface area contributed by atoms with Crippen LogP contribution in [0.1, 0.15) is 22.5 Å². The standard InChI is InChI=1S/C18H11F6N3O/c1-27-14(7-13(26-27)17(23)24)15-11(21)5-8(6-12(15)22)25-18(28)16-9(19)3-2-4-10(16)20/h2-7,17H,1H3,(H,25,28). The number of carbonyl (C=O) groups excluding carboxylic acids is 1. The molecule has 1 N–H and O–H groups in total. The summed E-state index contributed by atoms with van der Waals surface area (Å²) in [6.45, 7) is 0. The topological polar surface area (TPSA) is 46.9 Å². The van der Waals surface area contributed by atoms with E-state index in [0.717, 1.165) is 28.9 Å². The lowest BCUT2D eigenvalue weighted by Crippen LogP contribution is -2.16. The number of rotatable bonds is 4. The van der Waals surface area contributed by atoms with Gasteiger partial charge in [-0.15, -0.1) is 0 Å². The van der Waals surface area contributed by atoms with E-state index < -0.39 is 58.1 Å². The van der Waals surface area contributed by atoms with Crippen LogP contribution in [0.15, 0.2) is 36.4 Å². The summed E-state index contributed by atoms with van der Waals surface area (Å²) in [5.41, 5.74) is -2.88. The molecule has 10 heteroatoms. The molecule has 1 heterocycles. The lowest BCUT2D eigenvalue weighted by atomic mass is 10.1. The fourth-order valence-electron chi connectivity index (χ4n) is 2.63. The maximum absolute atomic E-state index is 14.4. The molecule has 0 fully saturated rings. The van der Waals surface area contributed by atoms with E-state index in [0.29, 0.717) is 12.1 Å². The van der Waals surface area contributed by atoms with Gasteiger partial charge in [-0.2, -0.15) is 5.10 Å². The molecule has 28 heavy (non-hydrogen) atoms. The molecule has 1 amide bonds. The van der Waals surface area contributed by atoms with Gasteiger partial charge >= 0.3 is 0 Å². The number of hydrogen-bond acceptors (Lipinski definition) is 2. The van der Waals surface area contributed by atoms with Crippen molar-refractivity contribution in [2.75, 3.05) is 5.32 Å². The Balaban J connectivity index is 1.96. The van der Waals surface area contributed by atoms with Crippen molar-refractivity contribution in [2.45, 2.75) is 6.43 Å². The Bertz CT molecular complexity index is 1020. The monoisotopic (exact) mass is 399 g/mol. The van der Waals surface area contributed by atoms with Crippen molar-refractivity contribution in [2.24, 2.45) is 7.05 Å². The highest BCUT2D eigenvalue weighted by atomic mass is 19.3. The van der Waals surface area contributed by atoms with Crippen LogP contribution in [0.4, 0.5) is 32.0 Å². The SMILES string of the molecule is Cn1nc(C(F)F)cc1-c1c(F)cc(NC(=O)c2c(F)cccc2F)cc1F. The highest BCUT2D eigenvalue weighted by Crippen LogP contribution is 2.31. The van der Waals surface area contributed by atoms with Crippen molar-refractivity contribution in [3.63, 3.8) is 0 Å². The van der Waals surface area contributed by atoms with Gasteiger partial charge < -0.3 is 5.32 Å². The van der Waals surface area contributed by atoms with E-state index in [4.69, 9.17) is 0 Å². The summed E-state index contributed by atoms with van der Waals surface area (Å²) < 4.78 is 82.5. The molecule has 2 aromatic carbocycles. The summed E-state index contributed by atoms with van der Waals surface area (Å²) in [5.74, 6) is -5.92. The van der Waals surface area contributed by atoms with Crippen LogP contribution in [0.5, 0.6) is 0 Å². The van der Waals surface area contributed by atoms with E-state index in [1.807, 2.05) is 5.32 Å². The van der Waals surface area contributed by atoms with Crippen LogP contribution in [-0.4, -0.2) is 15.7 Å².